The van der Waals surface area contributed by atoms with Gasteiger partial charge in [0.05, 0.1) is 5.60 Å². The van der Waals surface area contributed by atoms with Crippen LogP contribution in [0.4, 0.5) is 0 Å². The molecule has 94 valence electrons. The van der Waals surface area contributed by atoms with Gasteiger partial charge in [0.2, 0.25) is 0 Å². The Morgan fingerprint density at radius 3 is 3.06 bits per heavy atom. The molecule has 0 amide bonds. The van der Waals surface area contributed by atoms with E-state index in [2.05, 4.69) is 17.5 Å². The van der Waals surface area contributed by atoms with Crippen LogP contribution >= 0.6 is 11.3 Å². The summed E-state index contributed by atoms with van der Waals surface area (Å²) < 4.78 is 0. The first-order chi connectivity index (χ1) is 8.18. The zero-order valence-electron chi connectivity index (χ0n) is 10.4. The smallest absolute Gasteiger partial charge is 0.1000 e. The Labute approximate surface area is 107 Å². The largest absolute Gasteiger partial charge is 0.384 e. The Morgan fingerprint density at radius 1 is 1.53 bits per heavy atom. The van der Waals surface area contributed by atoms with Gasteiger partial charge in [0, 0.05) is 6.54 Å². The van der Waals surface area contributed by atoms with Gasteiger partial charge < -0.3 is 10.4 Å². The Morgan fingerprint density at radius 2 is 2.41 bits per heavy atom. The quantitative estimate of drug-likeness (QED) is 0.789. The molecule has 2 N–H and O–H groups in total. The zero-order valence-corrected chi connectivity index (χ0v) is 11.2. The van der Waals surface area contributed by atoms with Crippen molar-refractivity contribution in [2.24, 2.45) is 5.92 Å². The van der Waals surface area contributed by atoms with Crippen LogP contribution in [0.3, 0.4) is 0 Å². The minimum Gasteiger partial charge on any atom is -0.384 e. The summed E-state index contributed by atoms with van der Waals surface area (Å²) in [7, 11) is 0. The van der Waals surface area contributed by atoms with Crippen molar-refractivity contribution in [3.8, 4) is 0 Å². The van der Waals surface area contributed by atoms with E-state index in [1.807, 2.05) is 23.8 Å². The van der Waals surface area contributed by atoms with E-state index in [0.29, 0.717) is 6.54 Å². The van der Waals surface area contributed by atoms with Crippen LogP contribution < -0.4 is 5.32 Å². The number of nitrogens with one attached hydrogen (secondary N) is 1. The molecule has 0 saturated carbocycles. The Hall–Kier alpha value is -0.640. The molecule has 0 fully saturated rings. The summed E-state index contributed by atoms with van der Waals surface area (Å²) in [5, 5.41) is 17.8. The van der Waals surface area contributed by atoms with Crippen molar-refractivity contribution < 1.29 is 5.11 Å². The number of hydrogen-bond acceptors (Lipinski definition) is 3. The Bertz CT molecular complexity index is 356. The van der Waals surface area contributed by atoms with Crippen LogP contribution in [0.25, 0.3) is 0 Å². The first kappa shape index (κ1) is 12.8. The molecule has 1 aliphatic rings. The lowest BCUT2D eigenvalue weighted by atomic mass is 9.93. The highest BCUT2D eigenvalue weighted by molar-refractivity contribution is 7.08. The third-order valence-corrected chi connectivity index (χ3v) is 4.11. The normalized spacial score (nSPS) is 23.5. The summed E-state index contributed by atoms with van der Waals surface area (Å²) in [6.07, 6.45) is 8.18. The minimum atomic E-state index is -0.746. The maximum Gasteiger partial charge on any atom is 0.1000 e. The van der Waals surface area contributed by atoms with Crippen molar-refractivity contribution in [3.63, 3.8) is 0 Å². The van der Waals surface area contributed by atoms with Crippen molar-refractivity contribution in [1.82, 2.24) is 5.32 Å². The molecule has 2 rings (SSSR count). The van der Waals surface area contributed by atoms with E-state index in [9.17, 15) is 5.11 Å². The molecule has 1 heterocycles. The van der Waals surface area contributed by atoms with Crippen LogP contribution in [0.2, 0.25) is 0 Å². The molecule has 17 heavy (non-hydrogen) atoms. The molecule has 1 aromatic rings. The fraction of sp³-hybridized carbons (Fsp3) is 0.571. The van der Waals surface area contributed by atoms with Gasteiger partial charge in [-0.25, -0.2) is 0 Å². The van der Waals surface area contributed by atoms with Crippen molar-refractivity contribution in [2.45, 2.75) is 31.8 Å². The fourth-order valence-corrected chi connectivity index (χ4v) is 3.02. The molecule has 0 saturated heterocycles. The van der Waals surface area contributed by atoms with E-state index in [1.54, 1.807) is 11.3 Å². The third kappa shape index (κ3) is 3.66. The van der Waals surface area contributed by atoms with Gasteiger partial charge in [0.25, 0.3) is 0 Å². The second kappa shape index (κ2) is 5.80. The molecular weight excluding hydrogens is 230 g/mol. The number of thiophene rings is 1. The van der Waals surface area contributed by atoms with E-state index in [-0.39, 0.29) is 0 Å². The molecule has 0 radical (unpaired) electrons. The van der Waals surface area contributed by atoms with Crippen LogP contribution in [-0.4, -0.2) is 18.2 Å². The highest BCUT2D eigenvalue weighted by atomic mass is 32.1. The van der Waals surface area contributed by atoms with Gasteiger partial charge in [-0.15, -0.1) is 0 Å². The SMILES string of the molecule is C[C@](O)(CNC[C@@H]1CC=CCC1)c1ccsc1. The molecule has 0 aromatic carbocycles. The molecular formula is C14H21NOS. The van der Waals surface area contributed by atoms with E-state index < -0.39 is 5.60 Å². The maximum atomic E-state index is 10.3. The lowest BCUT2D eigenvalue weighted by Crippen LogP contribution is -2.37. The molecule has 0 unspecified atom stereocenters. The van der Waals surface area contributed by atoms with E-state index in [4.69, 9.17) is 0 Å². The van der Waals surface area contributed by atoms with Gasteiger partial charge in [-0.1, -0.05) is 12.2 Å². The predicted molar refractivity (Wildman–Crippen MR) is 73.2 cm³/mol. The molecule has 2 nitrogen and oxygen atoms in total. The summed E-state index contributed by atoms with van der Waals surface area (Å²) in [6, 6.07) is 2.00. The Kier molecular flexibility index (Phi) is 4.37. The average Bonchev–Trinajstić information content (AvgIpc) is 2.84. The highest BCUT2D eigenvalue weighted by Crippen LogP contribution is 2.22. The molecule has 2 atom stereocenters. The number of hydrogen-bond donors (Lipinski definition) is 2. The fourth-order valence-electron chi connectivity index (χ4n) is 2.23. The van der Waals surface area contributed by atoms with Crippen molar-refractivity contribution >= 4 is 11.3 Å². The van der Waals surface area contributed by atoms with E-state index in [0.717, 1.165) is 18.0 Å². The predicted octanol–water partition coefficient (Wildman–Crippen LogP) is 2.90. The zero-order chi connectivity index (χ0) is 12.1. The van der Waals surface area contributed by atoms with Gasteiger partial charge in [0.15, 0.2) is 0 Å². The van der Waals surface area contributed by atoms with Gasteiger partial charge in [-0.3, -0.25) is 0 Å². The summed E-state index contributed by atoms with van der Waals surface area (Å²) in [5.41, 5.74) is 0.267. The van der Waals surface area contributed by atoms with Gasteiger partial charge in [-0.05, 0) is 61.0 Å². The second-order valence-corrected chi connectivity index (χ2v) is 5.85. The van der Waals surface area contributed by atoms with Crippen LogP contribution in [0.5, 0.6) is 0 Å². The van der Waals surface area contributed by atoms with Crippen LogP contribution in [-0.2, 0) is 5.60 Å². The summed E-state index contributed by atoms with van der Waals surface area (Å²) in [5.74, 6) is 0.735. The van der Waals surface area contributed by atoms with Crippen molar-refractivity contribution in [2.75, 3.05) is 13.1 Å². The van der Waals surface area contributed by atoms with Crippen molar-refractivity contribution in [3.05, 3.63) is 34.5 Å². The standard InChI is InChI=1S/C14H21NOS/c1-14(16,13-7-8-17-10-13)11-15-9-12-5-3-2-4-6-12/h2-3,7-8,10,12,15-16H,4-6,9,11H2,1H3/t12-,14+/m1/s1. The first-order valence-electron chi connectivity index (χ1n) is 6.29. The van der Waals surface area contributed by atoms with E-state index >= 15 is 0 Å². The van der Waals surface area contributed by atoms with Gasteiger partial charge >= 0.3 is 0 Å². The summed E-state index contributed by atoms with van der Waals surface area (Å²) in [4.78, 5) is 0. The maximum absolute atomic E-state index is 10.3. The summed E-state index contributed by atoms with van der Waals surface area (Å²) >= 11 is 1.63. The van der Waals surface area contributed by atoms with Gasteiger partial charge in [0.1, 0.15) is 0 Å². The highest BCUT2D eigenvalue weighted by Gasteiger charge is 2.23. The molecule has 0 bridgehead atoms. The lowest BCUT2D eigenvalue weighted by Gasteiger charge is -2.25. The molecule has 1 aliphatic carbocycles. The monoisotopic (exact) mass is 251 g/mol. The minimum absolute atomic E-state index is 0.629. The molecule has 0 aliphatic heterocycles. The Balaban J connectivity index is 1.76. The van der Waals surface area contributed by atoms with Crippen LogP contribution in [0.1, 0.15) is 31.7 Å². The van der Waals surface area contributed by atoms with E-state index in [1.165, 1.54) is 19.3 Å². The number of rotatable bonds is 5. The van der Waals surface area contributed by atoms with Crippen LogP contribution in [0, 0.1) is 5.92 Å². The van der Waals surface area contributed by atoms with Gasteiger partial charge in [-0.2, -0.15) is 11.3 Å². The average molecular weight is 251 g/mol. The first-order valence-corrected chi connectivity index (χ1v) is 7.23. The third-order valence-electron chi connectivity index (χ3n) is 3.42. The van der Waals surface area contributed by atoms with Crippen LogP contribution in [0.15, 0.2) is 29.0 Å². The lowest BCUT2D eigenvalue weighted by molar-refractivity contribution is 0.0563. The molecule has 0 spiro atoms. The molecule has 1 aromatic heterocycles. The second-order valence-electron chi connectivity index (χ2n) is 5.07. The number of aliphatic hydroxyl groups is 1. The summed E-state index contributed by atoms with van der Waals surface area (Å²) in [6.45, 7) is 3.51. The number of allylic oxidation sites excluding steroid dienone is 2. The topological polar surface area (TPSA) is 32.3 Å². The molecule has 3 heteroatoms. The van der Waals surface area contributed by atoms with Crippen molar-refractivity contribution in [1.29, 1.82) is 0 Å².